The first-order chi connectivity index (χ1) is 15.0. The molecule has 0 spiro atoms. The molecule has 6 atom stereocenters. The monoisotopic (exact) mass is 440 g/mol. The average molecular weight is 441 g/mol. The molecule has 4 aliphatic rings. The molecule has 2 fully saturated rings. The highest BCUT2D eigenvalue weighted by molar-refractivity contribution is 6.01. The minimum Gasteiger partial charge on any atom is -0.458 e. The van der Waals surface area contributed by atoms with Gasteiger partial charge < -0.3 is 9.47 Å². The second-order valence-corrected chi connectivity index (χ2v) is 10.3. The quantitative estimate of drug-likeness (QED) is 0.487. The Morgan fingerprint density at radius 3 is 2.53 bits per heavy atom. The van der Waals surface area contributed by atoms with Crippen LogP contribution in [-0.4, -0.2) is 35.7 Å². The summed E-state index contributed by atoms with van der Waals surface area (Å²) in [6.07, 6.45) is 10.7. The van der Waals surface area contributed by atoms with Gasteiger partial charge in [-0.2, -0.15) is 0 Å². The van der Waals surface area contributed by atoms with Crippen molar-refractivity contribution in [3.05, 3.63) is 35.5 Å². The smallest absolute Gasteiger partial charge is 0.303 e. The highest BCUT2D eigenvalue weighted by Crippen LogP contribution is 2.67. The zero-order valence-electron chi connectivity index (χ0n) is 19.5. The number of ether oxygens (including phenoxy) is 2. The molecule has 0 aromatic heterocycles. The summed E-state index contributed by atoms with van der Waals surface area (Å²) in [7, 11) is 0. The molecule has 2 saturated carbocycles. The van der Waals surface area contributed by atoms with Gasteiger partial charge in [0.1, 0.15) is 0 Å². The van der Waals surface area contributed by atoms with Crippen LogP contribution >= 0.6 is 0 Å². The number of hydrogen-bond acceptors (Lipinski definition) is 6. The number of Topliss-reactive ketones (excluding diaryl/α,β-unsaturated/α-hetero) is 1. The number of ketones is 2. The summed E-state index contributed by atoms with van der Waals surface area (Å²) in [6, 6.07) is 0. The second kappa shape index (κ2) is 7.53. The Hall–Kier alpha value is -2.50. The number of esters is 2. The summed E-state index contributed by atoms with van der Waals surface area (Å²) < 4.78 is 11.0. The van der Waals surface area contributed by atoms with E-state index < -0.39 is 29.6 Å². The fourth-order valence-electron chi connectivity index (χ4n) is 7.22. The lowest BCUT2D eigenvalue weighted by Gasteiger charge is -2.54. The molecule has 0 amide bonds. The predicted octanol–water partition coefficient (Wildman–Crippen LogP) is 3.89. The number of carbonyl (C=O) groups is 4. The highest BCUT2D eigenvalue weighted by atomic mass is 16.6. The van der Waals surface area contributed by atoms with Crippen LogP contribution < -0.4 is 0 Å². The standard InChI is InChI=1S/C26H32O6/c1-15-12-22-20-7-6-18-13-19(29)8-10-24(18,4)21(20)9-11-25(22,5)26(15,32-17(3)28)23(30)14-31-16(2)27/h8-10,13,15,20,22H,6-7,11-12,14H2,1-5H3/t15-,20+,22-,24-,25-,26-/m0/s1. The van der Waals surface area contributed by atoms with Gasteiger partial charge in [0.25, 0.3) is 0 Å². The van der Waals surface area contributed by atoms with Crippen molar-refractivity contribution in [1.29, 1.82) is 0 Å². The van der Waals surface area contributed by atoms with Gasteiger partial charge in [0, 0.05) is 30.6 Å². The molecule has 32 heavy (non-hydrogen) atoms. The van der Waals surface area contributed by atoms with Gasteiger partial charge in [0.2, 0.25) is 5.78 Å². The molecule has 4 rings (SSSR count). The van der Waals surface area contributed by atoms with Crippen LogP contribution in [0.3, 0.4) is 0 Å². The molecular weight excluding hydrogens is 408 g/mol. The molecular formula is C26H32O6. The van der Waals surface area contributed by atoms with Crippen molar-refractivity contribution < 1.29 is 28.7 Å². The van der Waals surface area contributed by atoms with Gasteiger partial charge in [-0.05, 0) is 56.6 Å². The van der Waals surface area contributed by atoms with Crippen molar-refractivity contribution in [3.63, 3.8) is 0 Å². The molecule has 0 aromatic carbocycles. The van der Waals surface area contributed by atoms with Crippen LogP contribution in [0.15, 0.2) is 35.5 Å². The van der Waals surface area contributed by atoms with E-state index in [2.05, 4.69) is 19.9 Å². The number of rotatable bonds is 4. The minimum atomic E-state index is -1.34. The molecule has 6 nitrogen and oxygen atoms in total. The first-order valence-corrected chi connectivity index (χ1v) is 11.5. The van der Waals surface area contributed by atoms with Gasteiger partial charge in [-0.1, -0.05) is 37.1 Å². The van der Waals surface area contributed by atoms with Crippen molar-refractivity contribution in [1.82, 2.24) is 0 Å². The van der Waals surface area contributed by atoms with E-state index in [0.717, 1.165) is 24.8 Å². The molecule has 0 radical (unpaired) electrons. The number of carbonyl (C=O) groups excluding carboxylic acids is 4. The number of allylic oxidation sites excluding steroid dienone is 6. The largest absolute Gasteiger partial charge is 0.458 e. The Bertz CT molecular complexity index is 986. The van der Waals surface area contributed by atoms with E-state index in [1.54, 1.807) is 12.2 Å². The molecule has 172 valence electrons. The van der Waals surface area contributed by atoms with Crippen molar-refractivity contribution in [2.75, 3.05) is 6.61 Å². The van der Waals surface area contributed by atoms with Gasteiger partial charge in [0.05, 0.1) is 0 Å². The number of hydrogen-bond donors (Lipinski definition) is 0. The van der Waals surface area contributed by atoms with Gasteiger partial charge in [-0.3, -0.25) is 19.2 Å². The average Bonchev–Trinajstić information content (AvgIpc) is 2.94. The first kappa shape index (κ1) is 22.7. The van der Waals surface area contributed by atoms with Crippen LogP contribution in [0, 0.1) is 28.6 Å². The fourth-order valence-corrected chi connectivity index (χ4v) is 7.22. The third-order valence-corrected chi connectivity index (χ3v) is 8.61. The van der Waals surface area contributed by atoms with E-state index in [1.807, 2.05) is 13.0 Å². The Balaban J connectivity index is 1.78. The van der Waals surface area contributed by atoms with Gasteiger partial charge in [-0.25, -0.2) is 0 Å². The molecule has 0 unspecified atom stereocenters. The van der Waals surface area contributed by atoms with Gasteiger partial charge in [0.15, 0.2) is 18.0 Å². The SMILES string of the molecule is CC(=O)OCC(=O)[C@@]1(OC(C)=O)[C@@H](C)C[C@H]2[C@@H]3CCC4=CC(=O)C=C[C@]4(C)C3=CC[C@@]21C. The third-order valence-electron chi connectivity index (χ3n) is 8.61. The predicted molar refractivity (Wildman–Crippen MR) is 117 cm³/mol. The molecule has 0 N–H and O–H groups in total. The van der Waals surface area contributed by atoms with E-state index in [4.69, 9.17) is 9.47 Å². The van der Waals surface area contributed by atoms with Crippen molar-refractivity contribution >= 4 is 23.5 Å². The molecule has 0 heterocycles. The van der Waals surface area contributed by atoms with E-state index in [-0.39, 0.29) is 34.7 Å². The van der Waals surface area contributed by atoms with Crippen molar-refractivity contribution in [2.45, 2.75) is 65.9 Å². The van der Waals surface area contributed by atoms with Crippen LogP contribution in [0.1, 0.15) is 60.3 Å². The van der Waals surface area contributed by atoms with Crippen LogP contribution in [-0.2, 0) is 28.7 Å². The summed E-state index contributed by atoms with van der Waals surface area (Å²) in [5, 5.41) is 0. The zero-order chi connectivity index (χ0) is 23.5. The lowest BCUT2D eigenvalue weighted by atomic mass is 9.51. The van der Waals surface area contributed by atoms with Crippen LogP contribution in [0.4, 0.5) is 0 Å². The Labute approximate surface area is 189 Å². The van der Waals surface area contributed by atoms with E-state index in [1.165, 1.54) is 19.4 Å². The normalized spacial score (nSPS) is 39.8. The van der Waals surface area contributed by atoms with Crippen LogP contribution in [0.25, 0.3) is 0 Å². The summed E-state index contributed by atoms with van der Waals surface area (Å²) in [6.45, 7) is 8.39. The summed E-state index contributed by atoms with van der Waals surface area (Å²) in [5.41, 5.74) is 0.236. The van der Waals surface area contributed by atoms with Crippen LogP contribution in [0.5, 0.6) is 0 Å². The number of fused-ring (bicyclic) bond motifs is 5. The lowest BCUT2D eigenvalue weighted by molar-refractivity contribution is -0.190. The summed E-state index contributed by atoms with van der Waals surface area (Å²) >= 11 is 0. The van der Waals surface area contributed by atoms with Gasteiger partial charge in [-0.15, -0.1) is 0 Å². The maximum atomic E-state index is 13.5. The molecule has 0 saturated heterocycles. The first-order valence-electron chi connectivity index (χ1n) is 11.5. The summed E-state index contributed by atoms with van der Waals surface area (Å²) in [4.78, 5) is 49.1. The van der Waals surface area contributed by atoms with E-state index >= 15 is 0 Å². The van der Waals surface area contributed by atoms with Crippen molar-refractivity contribution in [2.24, 2.45) is 28.6 Å². The maximum absolute atomic E-state index is 13.5. The summed E-state index contributed by atoms with van der Waals surface area (Å²) in [5.74, 6) is -1.17. The van der Waals surface area contributed by atoms with Gasteiger partial charge >= 0.3 is 11.9 Å². The zero-order valence-corrected chi connectivity index (χ0v) is 19.5. The second-order valence-electron chi connectivity index (χ2n) is 10.3. The van der Waals surface area contributed by atoms with E-state index in [0.29, 0.717) is 6.42 Å². The maximum Gasteiger partial charge on any atom is 0.303 e. The van der Waals surface area contributed by atoms with Crippen molar-refractivity contribution in [3.8, 4) is 0 Å². The van der Waals surface area contributed by atoms with Crippen LogP contribution in [0.2, 0.25) is 0 Å². The molecule has 0 aromatic rings. The Morgan fingerprint density at radius 1 is 1.16 bits per heavy atom. The third kappa shape index (κ3) is 3.06. The Morgan fingerprint density at radius 2 is 1.88 bits per heavy atom. The Kier molecular flexibility index (Phi) is 5.34. The molecule has 0 bridgehead atoms. The van der Waals surface area contributed by atoms with E-state index in [9.17, 15) is 19.2 Å². The lowest BCUT2D eigenvalue weighted by Crippen LogP contribution is -2.60. The topological polar surface area (TPSA) is 86.7 Å². The highest BCUT2D eigenvalue weighted by Gasteiger charge is 2.70. The fraction of sp³-hybridized carbons (Fsp3) is 0.615. The molecule has 4 aliphatic carbocycles. The molecule has 0 aliphatic heterocycles. The minimum absolute atomic E-state index is 0.0385. The molecule has 6 heteroatoms.